The third kappa shape index (κ3) is 4.22. The lowest BCUT2D eigenvalue weighted by Gasteiger charge is -2.26. The molecule has 9 heteroatoms. The SMILES string of the molecule is Cc1cc(NC(=O)c2cccc(S(=O)(=O)N3CCOCC3)c2)ccc1C(N)=O. The molecule has 1 saturated heterocycles. The largest absolute Gasteiger partial charge is 0.379 e. The van der Waals surface area contributed by atoms with Gasteiger partial charge in [0.1, 0.15) is 0 Å². The molecule has 28 heavy (non-hydrogen) atoms. The second kappa shape index (κ2) is 8.09. The fourth-order valence-corrected chi connectivity index (χ4v) is 4.41. The van der Waals surface area contributed by atoms with E-state index in [1.807, 2.05) is 0 Å². The Morgan fingerprint density at radius 3 is 2.46 bits per heavy atom. The lowest BCUT2D eigenvalue weighted by molar-refractivity contribution is 0.0730. The van der Waals surface area contributed by atoms with Gasteiger partial charge in [0.15, 0.2) is 0 Å². The van der Waals surface area contributed by atoms with Crippen molar-refractivity contribution in [1.82, 2.24) is 4.31 Å². The summed E-state index contributed by atoms with van der Waals surface area (Å²) in [5, 5.41) is 2.70. The minimum absolute atomic E-state index is 0.0577. The van der Waals surface area contributed by atoms with Crippen molar-refractivity contribution in [2.75, 3.05) is 31.6 Å². The Labute approximate surface area is 163 Å². The Morgan fingerprint density at radius 1 is 1.11 bits per heavy atom. The number of hydrogen-bond acceptors (Lipinski definition) is 5. The van der Waals surface area contributed by atoms with Gasteiger partial charge < -0.3 is 15.8 Å². The molecule has 0 aromatic heterocycles. The number of sulfonamides is 1. The van der Waals surface area contributed by atoms with Crippen LogP contribution in [0.1, 0.15) is 26.3 Å². The number of carbonyl (C=O) groups is 2. The standard InChI is InChI=1S/C19H21N3O5S/c1-13-11-15(5-6-17(13)18(20)23)21-19(24)14-3-2-4-16(12-14)28(25,26)22-7-9-27-10-8-22/h2-6,11-12H,7-10H2,1H3,(H2,20,23)(H,21,24). The number of anilines is 1. The van der Waals surface area contributed by atoms with E-state index in [0.29, 0.717) is 30.0 Å². The second-order valence-electron chi connectivity index (χ2n) is 6.39. The molecule has 0 aliphatic carbocycles. The van der Waals surface area contributed by atoms with Crippen LogP contribution < -0.4 is 11.1 Å². The van der Waals surface area contributed by atoms with Gasteiger partial charge in [-0.1, -0.05) is 6.07 Å². The van der Waals surface area contributed by atoms with E-state index in [0.717, 1.165) is 0 Å². The van der Waals surface area contributed by atoms with E-state index in [1.54, 1.807) is 19.1 Å². The summed E-state index contributed by atoms with van der Waals surface area (Å²) < 4.78 is 32.1. The molecule has 0 radical (unpaired) electrons. The van der Waals surface area contributed by atoms with Crippen molar-refractivity contribution in [2.24, 2.45) is 5.73 Å². The number of aryl methyl sites for hydroxylation is 1. The van der Waals surface area contributed by atoms with Gasteiger partial charge in [-0.25, -0.2) is 8.42 Å². The number of rotatable bonds is 5. The number of morpholine rings is 1. The van der Waals surface area contributed by atoms with Crippen LogP contribution in [0.5, 0.6) is 0 Å². The molecule has 1 aliphatic rings. The van der Waals surface area contributed by atoms with Gasteiger partial charge in [0, 0.05) is 29.9 Å². The van der Waals surface area contributed by atoms with E-state index in [9.17, 15) is 18.0 Å². The zero-order chi connectivity index (χ0) is 20.3. The minimum atomic E-state index is -3.69. The van der Waals surface area contributed by atoms with Crippen LogP contribution >= 0.6 is 0 Å². The molecule has 3 rings (SSSR count). The summed E-state index contributed by atoms with van der Waals surface area (Å²) in [6, 6.07) is 10.6. The van der Waals surface area contributed by atoms with Gasteiger partial charge in [0.25, 0.3) is 5.91 Å². The number of nitrogens with zero attached hydrogens (tertiary/aromatic N) is 1. The molecule has 0 atom stereocenters. The zero-order valence-electron chi connectivity index (χ0n) is 15.3. The number of hydrogen-bond donors (Lipinski definition) is 2. The van der Waals surface area contributed by atoms with E-state index in [4.69, 9.17) is 10.5 Å². The van der Waals surface area contributed by atoms with Crippen molar-refractivity contribution in [1.29, 1.82) is 0 Å². The molecule has 1 aliphatic heterocycles. The lowest BCUT2D eigenvalue weighted by Crippen LogP contribution is -2.40. The molecule has 3 N–H and O–H groups in total. The maximum Gasteiger partial charge on any atom is 0.255 e. The van der Waals surface area contributed by atoms with Crippen molar-refractivity contribution in [3.63, 3.8) is 0 Å². The van der Waals surface area contributed by atoms with E-state index >= 15 is 0 Å². The second-order valence-corrected chi connectivity index (χ2v) is 8.33. The van der Waals surface area contributed by atoms with E-state index in [-0.39, 0.29) is 23.5 Å². The number of ether oxygens (including phenoxy) is 1. The molecule has 1 fully saturated rings. The smallest absolute Gasteiger partial charge is 0.255 e. The van der Waals surface area contributed by atoms with Gasteiger partial charge in [-0.05, 0) is 48.9 Å². The van der Waals surface area contributed by atoms with Gasteiger partial charge >= 0.3 is 0 Å². The predicted molar refractivity (Wildman–Crippen MR) is 104 cm³/mol. The van der Waals surface area contributed by atoms with Crippen LogP contribution in [0.2, 0.25) is 0 Å². The third-order valence-corrected chi connectivity index (χ3v) is 6.35. The fourth-order valence-electron chi connectivity index (χ4n) is 2.95. The highest BCUT2D eigenvalue weighted by Gasteiger charge is 2.26. The van der Waals surface area contributed by atoms with E-state index in [1.165, 1.54) is 34.6 Å². The monoisotopic (exact) mass is 403 g/mol. The topological polar surface area (TPSA) is 119 Å². The number of amides is 2. The highest BCUT2D eigenvalue weighted by atomic mass is 32.2. The Morgan fingerprint density at radius 2 is 1.82 bits per heavy atom. The molecule has 2 aromatic carbocycles. The van der Waals surface area contributed by atoms with Crippen LogP contribution in [-0.4, -0.2) is 50.8 Å². The van der Waals surface area contributed by atoms with Crippen LogP contribution in [0.15, 0.2) is 47.4 Å². The number of primary amides is 1. The van der Waals surface area contributed by atoms with E-state index in [2.05, 4.69) is 5.32 Å². The van der Waals surface area contributed by atoms with Crippen LogP contribution in [0.4, 0.5) is 5.69 Å². The Balaban J connectivity index is 1.81. The molecule has 0 unspecified atom stereocenters. The average Bonchev–Trinajstić information content (AvgIpc) is 2.68. The highest BCUT2D eigenvalue weighted by molar-refractivity contribution is 7.89. The molecule has 0 saturated carbocycles. The normalized spacial score (nSPS) is 15.2. The first kappa shape index (κ1) is 20.0. The molecule has 2 aromatic rings. The van der Waals surface area contributed by atoms with Crippen LogP contribution in [0.25, 0.3) is 0 Å². The number of nitrogens with one attached hydrogen (secondary N) is 1. The maximum absolute atomic E-state index is 12.8. The van der Waals surface area contributed by atoms with Crippen LogP contribution in [-0.2, 0) is 14.8 Å². The Hall–Kier alpha value is -2.75. The molecule has 148 valence electrons. The fraction of sp³-hybridized carbons (Fsp3) is 0.263. The number of nitrogens with two attached hydrogens (primary N) is 1. The first-order chi connectivity index (χ1) is 13.3. The summed E-state index contributed by atoms with van der Waals surface area (Å²) in [5.41, 5.74) is 6.98. The van der Waals surface area contributed by atoms with Crippen molar-refractivity contribution >= 4 is 27.5 Å². The van der Waals surface area contributed by atoms with Crippen LogP contribution in [0, 0.1) is 6.92 Å². The Bertz CT molecular complexity index is 1010. The summed E-state index contributed by atoms with van der Waals surface area (Å²) in [6.07, 6.45) is 0. The summed E-state index contributed by atoms with van der Waals surface area (Å²) in [6.45, 7) is 2.97. The lowest BCUT2D eigenvalue weighted by atomic mass is 10.1. The Kier molecular flexibility index (Phi) is 5.78. The van der Waals surface area contributed by atoms with Gasteiger partial charge in [-0.15, -0.1) is 0 Å². The summed E-state index contributed by atoms with van der Waals surface area (Å²) in [7, 11) is -3.69. The van der Waals surface area contributed by atoms with Crippen molar-refractivity contribution in [3.8, 4) is 0 Å². The average molecular weight is 403 g/mol. The van der Waals surface area contributed by atoms with Gasteiger partial charge in [-0.2, -0.15) is 4.31 Å². The third-order valence-electron chi connectivity index (χ3n) is 4.45. The van der Waals surface area contributed by atoms with Crippen molar-refractivity contribution < 1.29 is 22.7 Å². The first-order valence-electron chi connectivity index (χ1n) is 8.69. The van der Waals surface area contributed by atoms with Gasteiger partial charge in [-0.3, -0.25) is 9.59 Å². The molecule has 0 spiro atoms. The molecule has 1 heterocycles. The zero-order valence-corrected chi connectivity index (χ0v) is 16.2. The first-order valence-corrected chi connectivity index (χ1v) is 10.1. The highest BCUT2D eigenvalue weighted by Crippen LogP contribution is 2.20. The van der Waals surface area contributed by atoms with E-state index < -0.39 is 21.8 Å². The summed E-state index contributed by atoms with van der Waals surface area (Å²) in [4.78, 5) is 23.9. The number of carbonyl (C=O) groups excluding carboxylic acids is 2. The quantitative estimate of drug-likeness (QED) is 0.781. The van der Waals surface area contributed by atoms with Crippen LogP contribution in [0.3, 0.4) is 0 Å². The number of benzene rings is 2. The molecular weight excluding hydrogens is 382 g/mol. The predicted octanol–water partition coefficient (Wildman–Crippen LogP) is 1.37. The molecule has 2 amide bonds. The van der Waals surface area contributed by atoms with Gasteiger partial charge in [0.2, 0.25) is 15.9 Å². The summed E-state index contributed by atoms with van der Waals surface area (Å²) in [5.74, 6) is -0.998. The van der Waals surface area contributed by atoms with Crippen molar-refractivity contribution in [3.05, 3.63) is 59.2 Å². The summed E-state index contributed by atoms with van der Waals surface area (Å²) >= 11 is 0. The molecule has 8 nitrogen and oxygen atoms in total. The van der Waals surface area contributed by atoms with Crippen molar-refractivity contribution in [2.45, 2.75) is 11.8 Å². The molecular formula is C19H21N3O5S. The maximum atomic E-state index is 12.8. The minimum Gasteiger partial charge on any atom is -0.379 e. The molecule has 0 bridgehead atoms. The van der Waals surface area contributed by atoms with Gasteiger partial charge in [0.05, 0.1) is 18.1 Å².